The zero-order chi connectivity index (χ0) is 15.4. The minimum atomic E-state index is -0.688. The number of rotatable bonds is 1. The summed E-state index contributed by atoms with van der Waals surface area (Å²) in [7, 11) is 0. The first-order valence-corrected chi connectivity index (χ1v) is 6.99. The molecule has 3 aromatic rings. The van der Waals surface area contributed by atoms with Gasteiger partial charge in [-0.25, -0.2) is 4.98 Å². The molecule has 0 aliphatic carbocycles. The lowest BCUT2D eigenvalue weighted by Gasteiger charge is -2.07. The second-order valence-electron chi connectivity index (χ2n) is 5.53. The molecule has 0 bridgehead atoms. The number of pyridine rings is 2. The van der Waals surface area contributed by atoms with Crippen molar-refractivity contribution in [3.63, 3.8) is 0 Å². The van der Waals surface area contributed by atoms with Crippen LogP contribution in [0.25, 0.3) is 22.3 Å². The van der Waals surface area contributed by atoms with Gasteiger partial charge in [-0.2, -0.15) is 0 Å². The molecule has 108 valence electrons. The maximum absolute atomic E-state index is 12.5. The lowest BCUT2D eigenvalue weighted by atomic mass is 10.1. The lowest BCUT2D eigenvalue weighted by Crippen LogP contribution is -2.30. The van der Waals surface area contributed by atoms with Crippen molar-refractivity contribution >= 4 is 16.8 Å². The number of hydrogen-bond donors (Lipinski definition) is 1. The van der Waals surface area contributed by atoms with E-state index in [-0.39, 0.29) is 11.1 Å². The number of amides is 1. The number of nitrogens with zero attached hydrogens (tertiary/aromatic N) is 2. The van der Waals surface area contributed by atoms with Crippen molar-refractivity contribution in [2.24, 2.45) is 5.73 Å². The van der Waals surface area contributed by atoms with Gasteiger partial charge < -0.3 is 10.3 Å². The minimum Gasteiger partial charge on any atom is -0.365 e. The van der Waals surface area contributed by atoms with Crippen molar-refractivity contribution in [1.29, 1.82) is 0 Å². The number of primary amides is 1. The summed E-state index contributed by atoms with van der Waals surface area (Å²) in [5.41, 5.74) is 9.05. The molecule has 0 saturated carbocycles. The first-order valence-electron chi connectivity index (χ1n) is 6.99. The van der Waals surface area contributed by atoms with E-state index in [0.717, 1.165) is 27.9 Å². The summed E-state index contributed by atoms with van der Waals surface area (Å²) in [5, 5.41) is 1.04. The molecular formula is C17H13N3O2. The Morgan fingerprint density at radius 3 is 2.82 bits per heavy atom. The molecule has 1 aliphatic heterocycles. The van der Waals surface area contributed by atoms with Gasteiger partial charge in [0.1, 0.15) is 5.56 Å². The van der Waals surface area contributed by atoms with E-state index in [4.69, 9.17) is 5.73 Å². The average molecular weight is 291 g/mol. The molecule has 0 saturated heterocycles. The molecule has 2 N–H and O–H groups in total. The van der Waals surface area contributed by atoms with Crippen LogP contribution in [-0.4, -0.2) is 15.5 Å². The Bertz CT molecular complexity index is 1020. The number of aromatic nitrogens is 2. The van der Waals surface area contributed by atoms with E-state index in [0.29, 0.717) is 12.1 Å². The normalized spacial score (nSPS) is 12.2. The van der Waals surface area contributed by atoms with Gasteiger partial charge in [-0.05, 0) is 30.7 Å². The smallest absolute Gasteiger partial charge is 0.264 e. The van der Waals surface area contributed by atoms with E-state index >= 15 is 0 Å². The van der Waals surface area contributed by atoms with Gasteiger partial charge in [0.2, 0.25) is 0 Å². The maximum atomic E-state index is 12.5. The van der Waals surface area contributed by atoms with Crippen LogP contribution in [0.5, 0.6) is 0 Å². The lowest BCUT2D eigenvalue weighted by molar-refractivity contribution is 0.0998. The van der Waals surface area contributed by atoms with E-state index < -0.39 is 5.91 Å². The Kier molecular flexibility index (Phi) is 2.48. The molecule has 4 rings (SSSR count). The molecule has 0 unspecified atom stereocenters. The SMILES string of the molecule is Cc1cc2n(c(=O)c1C(N)=O)Cc1cc3ccccc3nc1-2. The zero-order valence-corrected chi connectivity index (χ0v) is 12.0. The Morgan fingerprint density at radius 2 is 2.05 bits per heavy atom. The highest BCUT2D eigenvalue weighted by atomic mass is 16.2. The van der Waals surface area contributed by atoms with Crippen LogP contribution < -0.4 is 11.3 Å². The van der Waals surface area contributed by atoms with Gasteiger partial charge in [0.05, 0.1) is 23.4 Å². The molecule has 5 heteroatoms. The highest BCUT2D eigenvalue weighted by molar-refractivity contribution is 5.94. The summed E-state index contributed by atoms with van der Waals surface area (Å²) in [6.07, 6.45) is 0. The number of para-hydroxylation sites is 1. The number of carbonyl (C=O) groups is 1. The molecular weight excluding hydrogens is 278 g/mol. The van der Waals surface area contributed by atoms with Gasteiger partial charge in [0, 0.05) is 10.9 Å². The summed E-state index contributed by atoms with van der Waals surface area (Å²) in [6.45, 7) is 2.14. The first-order chi connectivity index (χ1) is 10.6. The molecule has 22 heavy (non-hydrogen) atoms. The van der Waals surface area contributed by atoms with Gasteiger partial charge in [-0.1, -0.05) is 18.2 Å². The van der Waals surface area contributed by atoms with Crippen molar-refractivity contribution in [3.8, 4) is 11.4 Å². The highest BCUT2D eigenvalue weighted by Crippen LogP contribution is 2.32. The molecule has 0 radical (unpaired) electrons. The number of benzene rings is 1. The largest absolute Gasteiger partial charge is 0.365 e. The van der Waals surface area contributed by atoms with Crippen LogP contribution in [0.15, 0.2) is 41.2 Å². The molecule has 1 amide bonds. The molecule has 0 atom stereocenters. The number of aryl methyl sites for hydroxylation is 1. The van der Waals surface area contributed by atoms with Gasteiger partial charge >= 0.3 is 0 Å². The zero-order valence-electron chi connectivity index (χ0n) is 12.0. The van der Waals surface area contributed by atoms with Crippen molar-refractivity contribution < 1.29 is 4.79 Å². The van der Waals surface area contributed by atoms with E-state index in [1.165, 1.54) is 0 Å². The summed E-state index contributed by atoms with van der Waals surface area (Å²) in [4.78, 5) is 28.7. The van der Waals surface area contributed by atoms with Crippen LogP contribution >= 0.6 is 0 Å². The monoisotopic (exact) mass is 291 g/mol. The van der Waals surface area contributed by atoms with Gasteiger partial charge in [0.15, 0.2) is 0 Å². The van der Waals surface area contributed by atoms with E-state index in [2.05, 4.69) is 4.98 Å². The first kappa shape index (κ1) is 12.8. The fraction of sp³-hybridized carbons (Fsp3) is 0.118. The predicted molar refractivity (Wildman–Crippen MR) is 83.8 cm³/mol. The molecule has 0 spiro atoms. The van der Waals surface area contributed by atoms with Gasteiger partial charge in [0.25, 0.3) is 11.5 Å². The second kappa shape index (κ2) is 4.27. The highest BCUT2D eigenvalue weighted by Gasteiger charge is 2.25. The number of hydrogen-bond acceptors (Lipinski definition) is 3. The Morgan fingerprint density at radius 1 is 1.27 bits per heavy atom. The van der Waals surface area contributed by atoms with Crippen molar-refractivity contribution in [2.75, 3.05) is 0 Å². The second-order valence-corrected chi connectivity index (χ2v) is 5.53. The van der Waals surface area contributed by atoms with Crippen LogP contribution in [0.4, 0.5) is 0 Å². The van der Waals surface area contributed by atoms with Crippen LogP contribution in [0.2, 0.25) is 0 Å². The third kappa shape index (κ3) is 1.62. The third-order valence-electron chi connectivity index (χ3n) is 4.12. The summed E-state index contributed by atoms with van der Waals surface area (Å²) < 4.78 is 1.57. The quantitative estimate of drug-likeness (QED) is 0.581. The number of fused-ring (bicyclic) bond motifs is 4. The third-order valence-corrected chi connectivity index (χ3v) is 4.12. The fourth-order valence-electron chi connectivity index (χ4n) is 3.09. The topological polar surface area (TPSA) is 78.0 Å². The Labute approximate surface area is 126 Å². The van der Waals surface area contributed by atoms with E-state index in [1.54, 1.807) is 11.5 Å². The molecule has 5 nitrogen and oxygen atoms in total. The van der Waals surface area contributed by atoms with E-state index in [9.17, 15) is 9.59 Å². The summed E-state index contributed by atoms with van der Waals surface area (Å²) in [6, 6.07) is 11.7. The van der Waals surface area contributed by atoms with Crippen LogP contribution in [0, 0.1) is 6.92 Å². The standard InChI is InChI=1S/C17H13N3O2/c1-9-6-13-15-11(7-10-4-2-3-5-12(10)19-15)8-20(13)17(22)14(9)16(18)21/h2-7H,8H2,1H3,(H2,18,21). The molecule has 1 aliphatic rings. The average Bonchev–Trinajstić information content (AvgIpc) is 2.83. The Balaban J connectivity index is 2.04. The predicted octanol–water partition coefficient (Wildman–Crippen LogP) is 1.83. The van der Waals surface area contributed by atoms with Gasteiger partial charge in [-0.3, -0.25) is 9.59 Å². The molecule has 1 aromatic carbocycles. The summed E-state index contributed by atoms with van der Waals surface area (Å²) in [5.74, 6) is -0.688. The number of nitrogens with two attached hydrogens (primary N) is 1. The maximum Gasteiger partial charge on any atom is 0.264 e. The minimum absolute atomic E-state index is 0.0566. The fourth-order valence-corrected chi connectivity index (χ4v) is 3.09. The van der Waals surface area contributed by atoms with Crippen LogP contribution in [-0.2, 0) is 6.54 Å². The van der Waals surface area contributed by atoms with Crippen LogP contribution in [0.3, 0.4) is 0 Å². The van der Waals surface area contributed by atoms with Gasteiger partial charge in [-0.15, -0.1) is 0 Å². The molecule has 3 heterocycles. The van der Waals surface area contributed by atoms with Crippen molar-refractivity contribution in [3.05, 3.63) is 63.4 Å². The van der Waals surface area contributed by atoms with E-state index in [1.807, 2.05) is 36.4 Å². The van der Waals surface area contributed by atoms with Crippen molar-refractivity contribution in [1.82, 2.24) is 9.55 Å². The molecule has 0 fully saturated rings. The van der Waals surface area contributed by atoms with Crippen molar-refractivity contribution in [2.45, 2.75) is 13.5 Å². The van der Waals surface area contributed by atoms with Crippen LogP contribution in [0.1, 0.15) is 21.5 Å². The number of carbonyl (C=O) groups excluding carboxylic acids is 1. The summed E-state index contributed by atoms with van der Waals surface area (Å²) >= 11 is 0. The Hall–Kier alpha value is -2.95. The molecule has 2 aromatic heterocycles.